The van der Waals surface area contributed by atoms with Crippen molar-refractivity contribution in [3.8, 4) is 5.75 Å². The molecule has 2 atom stereocenters. The minimum atomic E-state index is -0.284. The standard InChI is InChI=1S/C21H30N6O2S/c1-5-8-16-15(6-2)17(25-21(28)26-20(7-3)24-4)10-11-18(16)29-14-9-12-19(22)27(13-14)30-23/h5-9,12-13,17-18,22,24H,2,10-11,23H2,1,3-4H3,(H2,25,26,28)/b8-5-,20-7+,22-19?/t17-,18+/m0/s1. The molecule has 0 fully saturated rings. The number of urea groups is 1. The van der Waals surface area contributed by atoms with E-state index in [1.807, 2.05) is 26.0 Å². The molecule has 1 aromatic heterocycles. The summed E-state index contributed by atoms with van der Waals surface area (Å²) < 4.78 is 7.75. The molecule has 0 unspecified atom stereocenters. The Bertz CT molecular complexity index is 918. The van der Waals surface area contributed by atoms with Gasteiger partial charge in [0.2, 0.25) is 0 Å². The number of carbonyl (C=O) groups is 1. The number of amides is 2. The maximum Gasteiger partial charge on any atom is 0.320 e. The van der Waals surface area contributed by atoms with Gasteiger partial charge in [-0.3, -0.25) is 19.8 Å². The van der Waals surface area contributed by atoms with Crippen LogP contribution in [0.15, 0.2) is 66.2 Å². The zero-order valence-corrected chi connectivity index (χ0v) is 18.4. The van der Waals surface area contributed by atoms with Crippen molar-refractivity contribution in [3.05, 3.63) is 71.7 Å². The van der Waals surface area contributed by atoms with Gasteiger partial charge in [-0.25, -0.2) is 4.79 Å². The maximum absolute atomic E-state index is 12.4. The molecule has 6 N–H and O–H groups in total. The Kier molecular flexibility index (Phi) is 8.82. The highest BCUT2D eigenvalue weighted by Gasteiger charge is 2.29. The molecule has 9 heteroatoms. The van der Waals surface area contributed by atoms with Crippen LogP contribution in [-0.2, 0) is 0 Å². The smallest absolute Gasteiger partial charge is 0.320 e. The summed E-state index contributed by atoms with van der Waals surface area (Å²) in [6.45, 7) is 7.74. The van der Waals surface area contributed by atoms with Crippen LogP contribution >= 0.6 is 12.1 Å². The number of nitrogens with two attached hydrogens (primary N) is 1. The molecule has 30 heavy (non-hydrogen) atoms. The van der Waals surface area contributed by atoms with Gasteiger partial charge in [-0.05, 0) is 56.0 Å². The van der Waals surface area contributed by atoms with Gasteiger partial charge >= 0.3 is 6.03 Å². The summed E-state index contributed by atoms with van der Waals surface area (Å²) in [5.41, 5.74) is 2.17. The lowest BCUT2D eigenvalue weighted by molar-refractivity contribution is 0.207. The fraction of sp³-hybridized carbons (Fsp3) is 0.333. The summed E-state index contributed by atoms with van der Waals surface area (Å²) in [6.07, 6.45) is 10.4. The average molecular weight is 431 g/mol. The van der Waals surface area contributed by atoms with E-state index in [9.17, 15) is 4.79 Å². The molecule has 8 nitrogen and oxygen atoms in total. The van der Waals surface area contributed by atoms with E-state index in [1.165, 1.54) is 3.97 Å². The molecule has 0 aliphatic heterocycles. The molecule has 1 aliphatic carbocycles. The van der Waals surface area contributed by atoms with Crippen molar-refractivity contribution in [2.75, 3.05) is 7.05 Å². The number of allylic oxidation sites excluding steroid dienone is 2. The molecular weight excluding hydrogens is 400 g/mol. The zero-order valence-electron chi connectivity index (χ0n) is 17.6. The van der Waals surface area contributed by atoms with Gasteiger partial charge in [0.25, 0.3) is 0 Å². The monoisotopic (exact) mass is 430 g/mol. The van der Waals surface area contributed by atoms with Crippen LogP contribution in [0.25, 0.3) is 0 Å². The summed E-state index contributed by atoms with van der Waals surface area (Å²) in [7, 11) is 1.75. The second kappa shape index (κ2) is 11.3. The van der Waals surface area contributed by atoms with E-state index in [-0.39, 0.29) is 23.7 Å². The molecule has 0 spiro atoms. The van der Waals surface area contributed by atoms with Crippen LogP contribution in [0.3, 0.4) is 0 Å². The van der Waals surface area contributed by atoms with Crippen molar-refractivity contribution in [2.24, 2.45) is 5.14 Å². The summed E-state index contributed by atoms with van der Waals surface area (Å²) in [5, 5.41) is 22.2. The van der Waals surface area contributed by atoms with Gasteiger partial charge in [0.15, 0.2) is 0 Å². The van der Waals surface area contributed by atoms with Crippen LogP contribution in [0.1, 0.15) is 26.7 Å². The topological polar surface area (TPSA) is 117 Å². The Labute approximate surface area is 181 Å². The highest BCUT2D eigenvalue weighted by molar-refractivity contribution is 7.95. The summed E-state index contributed by atoms with van der Waals surface area (Å²) in [5.74, 6) is 1.25. The van der Waals surface area contributed by atoms with Gasteiger partial charge in [-0.15, -0.1) is 0 Å². The predicted octanol–water partition coefficient (Wildman–Crippen LogP) is 2.69. The van der Waals surface area contributed by atoms with Gasteiger partial charge in [0, 0.05) is 19.2 Å². The van der Waals surface area contributed by atoms with Crippen molar-refractivity contribution in [2.45, 2.75) is 38.8 Å². The van der Waals surface area contributed by atoms with Gasteiger partial charge in [-0.2, -0.15) is 0 Å². The first-order valence-electron chi connectivity index (χ1n) is 9.69. The Morgan fingerprint density at radius 3 is 2.73 bits per heavy atom. The molecule has 0 saturated heterocycles. The van der Waals surface area contributed by atoms with Gasteiger partial charge < -0.3 is 15.4 Å². The molecule has 162 valence electrons. The van der Waals surface area contributed by atoms with E-state index in [4.69, 9.17) is 15.3 Å². The first kappa shape index (κ1) is 23.4. The molecule has 0 radical (unpaired) electrons. The maximum atomic E-state index is 12.4. The third-order valence-electron chi connectivity index (χ3n) is 4.73. The van der Waals surface area contributed by atoms with Crippen molar-refractivity contribution in [1.82, 2.24) is 19.9 Å². The third-order valence-corrected chi connectivity index (χ3v) is 5.26. The normalized spacial score (nSPS) is 19.5. The average Bonchev–Trinajstić information content (AvgIpc) is 2.75. The van der Waals surface area contributed by atoms with Crippen molar-refractivity contribution >= 4 is 18.2 Å². The molecule has 0 bridgehead atoms. The molecule has 1 heterocycles. The minimum Gasteiger partial charge on any atom is -0.484 e. The first-order valence-corrected chi connectivity index (χ1v) is 10.5. The molecule has 0 saturated carbocycles. The van der Waals surface area contributed by atoms with Crippen LogP contribution in [0, 0.1) is 5.41 Å². The zero-order chi connectivity index (χ0) is 22.1. The first-order chi connectivity index (χ1) is 14.5. The lowest BCUT2D eigenvalue weighted by atomic mass is 9.85. The Hall–Kier alpha value is -2.91. The number of rotatable bonds is 8. The Balaban J connectivity index is 2.26. The molecule has 1 aromatic rings. The highest BCUT2D eigenvalue weighted by atomic mass is 32.2. The van der Waals surface area contributed by atoms with Crippen molar-refractivity contribution in [3.63, 3.8) is 0 Å². The largest absolute Gasteiger partial charge is 0.484 e. The molecule has 0 aromatic carbocycles. The number of pyridine rings is 1. The number of hydrogen-bond donors (Lipinski definition) is 5. The van der Waals surface area contributed by atoms with E-state index in [2.05, 4.69) is 22.5 Å². The SMILES string of the molecule is C=CC1=C(/C=C\C)[C@H](Oc2ccc(=N)n(SN)c2)CC[C@@H]1NC(=O)N/C(=C/C)NC. The lowest BCUT2D eigenvalue weighted by Crippen LogP contribution is -2.46. The molecule has 2 rings (SSSR count). The van der Waals surface area contributed by atoms with Crippen molar-refractivity contribution in [1.29, 1.82) is 5.41 Å². The lowest BCUT2D eigenvalue weighted by Gasteiger charge is -2.33. The van der Waals surface area contributed by atoms with E-state index < -0.39 is 0 Å². The van der Waals surface area contributed by atoms with E-state index in [0.29, 0.717) is 24.4 Å². The quantitative estimate of drug-likeness (QED) is 0.407. The molecule has 2 amide bonds. The van der Waals surface area contributed by atoms with Gasteiger partial charge in [0.1, 0.15) is 23.2 Å². The number of ether oxygens (including phenoxy) is 1. The second-order valence-electron chi connectivity index (χ2n) is 6.58. The van der Waals surface area contributed by atoms with Crippen LogP contribution < -0.4 is 31.3 Å². The molecule has 1 aliphatic rings. The molecular formula is C21H30N6O2S. The van der Waals surface area contributed by atoms with Gasteiger partial charge in [0.05, 0.1) is 12.2 Å². The number of carbonyl (C=O) groups excluding carboxylic acids is 1. The summed E-state index contributed by atoms with van der Waals surface area (Å²) in [4.78, 5) is 12.4. The second-order valence-corrected chi connectivity index (χ2v) is 7.19. The highest BCUT2D eigenvalue weighted by Crippen LogP contribution is 2.30. The number of nitrogens with one attached hydrogen (secondary N) is 4. The summed E-state index contributed by atoms with van der Waals surface area (Å²) >= 11 is 0.946. The number of nitrogens with zero attached hydrogens (tertiary/aromatic N) is 1. The Morgan fingerprint density at radius 2 is 2.13 bits per heavy atom. The van der Waals surface area contributed by atoms with E-state index in [0.717, 1.165) is 23.3 Å². The van der Waals surface area contributed by atoms with Crippen LogP contribution in [0.5, 0.6) is 5.75 Å². The van der Waals surface area contributed by atoms with E-state index in [1.54, 1.807) is 37.5 Å². The van der Waals surface area contributed by atoms with Crippen LogP contribution in [0.4, 0.5) is 4.79 Å². The van der Waals surface area contributed by atoms with Gasteiger partial charge in [-0.1, -0.05) is 24.8 Å². The Morgan fingerprint density at radius 1 is 1.37 bits per heavy atom. The fourth-order valence-corrected chi connectivity index (χ4v) is 3.65. The summed E-state index contributed by atoms with van der Waals surface area (Å²) in [6, 6.07) is 2.93. The third kappa shape index (κ3) is 5.80. The fourth-order valence-electron chi connectivity index (χ4n) is 3.31. The number of aromatic nitrogens is 1. The van der Waals surface area contributed by atoms with Crippen LogP contribution in [-0.4, -0.2) is 29.2 Å². The van der Waals surface area contributed by atoms with Crippen molar-refractivity contribution < 1.29 is 9.53 Å². The van der Waals surface area contributed by atoms with E-state index >= 15 is 0 Å². The predicted molar refractivity (Wildman–Crippen MR) is 121 cm³/mol. The minimum absolute atomic E-state index is 0.177. The number of hydrogen-bond acceptors (Lipinski definition) is 6. The van der Waals surface area contributed by atoms with Crippen LogP contribution in [0.2, 0.25) is 0 Å².